The third-order valence-corrected chi connectivity index (χ3v) is 12.8. The van der Waals surface area contributed by atoms with E-state index in [0.717, 1.165) is 11.1 Å². The number of amides is 3. The topological polar surface area (TPSA) is 112 Å². The summed E-state index contributed by atoms with van der Waals surface area (Å²) in [5.41, 5.74) is 2.48. The van der Waals surface area contributed by atoms with Crippen LogP contribution in [0.2, 0.25) is 0 Å². The number of alkyl halides is 1. The zero-order valence-corrected chi connectivity index (χ0v) is 28.2. The number of carbonyl (C=O) groups excluding carboxylic acids is 3. The first-order valence-electron chi connectivity index (χ1n) is 15.7. The van der Waals surface area contributed by atoms with Gasteiger partial charge < -0.3 is 19.8 Å². The van der Waals surface area contributed by atoms with Crippen LogP contribution in [0.1, 0.15) is 25.3 Å². The smallest absolute Gasteiger partial charge is 0.248 e. The molecule has 3 aliphatic heterocycles. The fourth-order valence-corrected chi connectivity index (χ4v) is 11.2. The number of likely N-dealkylation sites (tertiary alicyclic amines) is 1. The summed E-state index contributed by atoms with van der Waals surface area (Å²) in [4.78, 5) is 49.0. The van der Waals surface area contributed by atoms with Gasteiger partial charge in [0.2, 0.25) is 17.7 Å². The fourth-order valence-electron chi connectivity index (χ4n) is 7.57. The van der Waals surface area contributed by atoms with Gasteiger partial charge in [0.05, 0.1) is 34.7 Å². The number of aromatic nitrogens is 3. The Morgan fingerprint density at radius 3 is 2.50 bits per heavy atom. The van der Waals surface area contributed by atoms with Gasteiger partial charge in [0.25, 0.3) is 0 Å². The predicted molar refractivity (Wildman–Crippen MR) is 182 cm³/mol. The molecule has 3 amide bonds. The first kappa shape index (κ1) is 32.5. The molecule has 3 aliphatic rings. The first-order chi connectivity index (χ1) is 22.3. The molecule has 12 heteroatoms. The molecule has 4 heterocycles. The van der Waals surface area contributed by atoms with Gasteiger partial charge in [0.1, 0.15) is 18.2 Å². The summed E-state index contributed by atoms with van der Waals surface area (Å²) in [5.74, 6) is -1.96. The van der Waals surface area contributed by atoms with Gasteiger partial charge in [-0.1, -0.05) is 82.7 Å². The number of para-hydroxylation sites is 1. The second-order valence-corrected chi connectivity index (χ2v) is 14.9. The van der Waals surface area contributed by atoms with Crippen molar-refractivity contribution in [3.63, 3.8) is 0 Å². The van der Waals surface area contributed by atoms with Gasteiger partial charge in [0, 0.05) is 29.7 Å². The average Bonchev–Trinajstić information content (AvgIpc) is 3.78. The lowest BCUT2D eigenvalue weighted by molar-refractivity contribution is -0.147. The molecule has 10 nitrogen and oxygen atoms in total. The summed E-state index contributed by atoms with van der Waals surface area (Å²) in [6, 6.07) is 15.8. The molecule has 1 N–H and O–H groups in total. The van der Waals surface area contributed by atoms with Crippen LogP contribution in [0.25, 0.3) is 11.0 Å². The summed E-state index contributed by atoms with van der Waals surface area (Å²) >= 11 is 5.46. The number of hydrogen-bond acceptors (Lipinski definition) is 7. The average molecular weight is 708 g/mol. The number of hydrogen-bond donors (Lipinski definition) is 1. The minimum atomic E-state index is -0.883. The maximum atomic E-state index is 14.9. The highest BCUT2D eigenvalue weighted by Gasteiger charge is 2.76. The van der Waals surface area contributed by atoms with E-state index in [4.69, 9.17) is 0 Å². The number of fused-ring (bicyclic) bond motifs is 2. The lowest BCUT2D eigenvalue weighted by atomic mass is 9.70. The zero-order valence-electron chi connectivity index (χ0n) is 25.8. The van der Waals surface area contributed by atoms with Crippen molar-refractivity contribution < 1.29 is 19.5 Å². The van der Waals surface area contributed by atoms with Crippen LogP contribution in [0.4, 0.5) is 0 Å². The maximum Gasteiger partial charge on any atom is 0.248 e. The van der Waals surface area contributed by atoms with Crippen LogP contribution < -0.4 is 0 Å². The molecule has 6 rings (SSSR count). The van der Waals surface area contributed by atoms with Crippen molar-refractivity contribution in [3.05, 3.63) is 85.5 Å². The van der Waals surface area contributed by atoms with Crippen LogP contribution in [0.5, 0.6) is 0 Å². The SMILES string of the molecule is C=CCN(Cn1nnc2ccccc21)C(=O)C1N([C@@H](CC)CO)C(=O)[C@@H]2[C@@H](C(=O)N(CC=C)Cc3ccccc3)[C@@H]3SC12CC3Br. The quantitative estimate of drug-likeness (QED) is 0.212. The molecule has 0 saturated carbocycles. The number of aliphatic hydroxyl groups is 1. The van der Waals surface area contributed by atoms with Gasteiger partial charge in [-0.05, 0) is 30.5 Å². The number of benzene rings is 2. The van der Waals surface area contributed by atoms with Gasteiger partial charge in [0.15, 0.2) is 0 Å². The van der Waals surface area contributed by atoms with Crippen molar-refractivity contribution >= 4 is 56.4 Å². The predicted octanol–water partition coefficient (Wildman–Crippen LogP) is 3.85. The Morgan fingerprint density at radius 1 is 1.11 bits per heavy atom. The lowest BCUT2D eigenvalue weighted by Crippen LogP contribution is -2.58. The molecule has 2 aromatic carbocycles. The van der Waals surface area contributed by atoms with E-state index in [2.05, 4.69) is 39.4 Å². The van der Waals surface area contributed by atoms with E-state index in [-0.39, 0.29) is 47.6 Å². The Bertz CT molecular complexity index is 1630. The van der Waals surface area contributed by atoms with Crippen molar-refractivity contribution in [1.82, 2.24) is 29.7 Å². The Balaban J connectivity index is 1.39. The molecule has 7 atom stereocenters. The van der Waals surface area contributed by atoms with Crippen molar-refractivity contribution in [3.8, 4) is 0 Å². The van der Waals surface area contributed by atoms with Crippen LogP contribution in [0, 0.1) is 11.8 Å². The molecule has 1 aromatic heterocycles. The second kappa shape index (κ2) is 13.3. The molecule has 1 spiro atoms. The highest BCUT2D eigenvalue weighted by Crippen LogP contribution is 2.68. The number of nitrogens with zero attached hydrogens (tertiary/aromatic N) is 6. The van der Waals surface area contributed by atoms with E-state index in [9.17, 15) is 19.5 Å². The van der Waals surface area contributed by atoms with Crippen molar-refractivity contribution in [1.29, 1.82) is 0 Å². The molecule has 0 radical (unpaired) electrons. The monoisotopic (exact) mass is 706 g/mol. The molecule has 3 aromatic rings. The van der Waals surface area contributed by atoms with Crippen LogP contribution >= 0.6 is 27.7 Å². The minimum Gasteiger partial charge on any atom is -0.394 e. The molecule has 3 fully saturated rings. The number of rotatable bonds is 13. The first-order valence-corrected chi connectivity index (χ1v) is 17.5. The zero-order chi connectivity index (χ0) is 32.6. The van der Waals surface area contributed by atoms with E-state index < -0.39 is 28.7 Å². The molecular formula is C34H39BrN6O4S. The van der Waals surface area contributed by atoms with Gasteiger partial charge in [-0.25, -0.2) is 4.68 Å². The minimum absolute atomic E-state index is 0.0747. The maximum absolute atomic E-state index is 14.9. The van der Waals surface area contributed by atoms with Crippen molar-refractivity contribution in [2.24, 2.45) is 11.8 Å². The van der Waals surface area contributed by atoms with Crippen molar-refractivity contribution in [2.45, 2.75) is 59.9 Å². The molecule has 0 aliphatic carbocycles. The normalized spacial score (nSPS) is 27.1. The molecule has 2 bridgehead atoms. The lowest BCUT2D eigenvalue weighted by Gasteiger charge is -2.39. The summed E-state index contributed by atoms with van der Waals surface area (Å²) < 4.78 is 0.818. The molecule has 242 valence electrons. The summed E-state index contributed by atoms with van der Waals surface area (Å²) in [5, 5.41) is 18.9. The summed E-state index contributed by atoms with van der Waals surface area (Å²) in [6.45, 7) is 10.5. The standard InChI is InChI=1S/C34H39BrN6O4S/c1-4-16-38(19-22-12-8-7-9-13-22)31(43)27-28-32(44)41(23(6-3)20-42)30(34(28)18-24(35)29(27)46-34)33(45)39(17-5-2)21-40-26-15-11-10-14-25(26)36-37-40/h4-5,7-15,23-24,27-30,42H,1-2,6,16-21H2,3H3/t23-,24?,27+,28-,29+,30?,34?/m0/s1. The number of halogens is 1. The van der Waals surface area contributed by atoms with Crippen LogP contribution in [0.3, 0.4) is 0 Å². The Kier molecular flexibility index (Phi) is 9.40. The van der Waals surface area contributed by atoms with Gasteiger partial charge in [-0.3, -0.25) is 14.4 Å². The van der Waals surface area contributed by atoms with Crippen molar-refractivity contribution in [2.75, 3.05) is 19.7 Å². The number of aliphatic hydroxyl groups excluding tert-OH is 1. The van der Waals surface area contributed by atoms with Crippen LogP contribution in [0.15, 0.2) is 79.9 Å². The largest absolute Gasteiger partial charge is 0.394 e. The third kappa shape index (κ3) is 5.37. The van der Waals surface area contributed by atoms with E-state index in [1.807, 2.05) is 61.5 Å². The summed E-state index contributed by atoms with van der Waals surface area (Å²) in [6.07, 6.45) is 4.38. The highest BCUT2D eigenvalue weighted by atomic mass is 79.9. The molecule has 46 heavy (non-hydrogen) atoms. The highest BCUT2D eigenvalue weighted by molar-refractivity contribution is 9.09. The Labute approximate surface area is 281 Å². The van der Waals surface area contributed by atoms with Crippen LogP contribution in [-0.4, -0.2) is 99.1 Å². The Hall–Kier alpha value is -3.48. The van der Waals surface area contributed by atoms with E-state index in [0.29, 0.717) is 31.4 Å². The van der Waals surface area contributed by atoms with E-state index in [1.165, 1.54) is 0 Å². The third-order valence-electron chi connectivity index (χ3n) is 9.59. The summed E-state index contributed by atoms with van der Waals surface area (Å²) in [7, 11) is 0. The van der Waals surface area contributed by atoms with Gasteiger partial charge >= 0.3 is 0 Å². The molecule has 3 unspecified atom stereocenters. The Morgan fingerprint density at radius 2 is 1.80 bits per heavy atom. The molecule has 3 saturated heterocycles. The molecular weight excluding hydrogens is 668 g/mol. The number of carbonyl (C=O) groups is 3. The second-order valence-electron chi connectivity index (χ2n) is 12.2. The van der Waals surface area contributed by atoms with Gasteiger partial charge in [-0.2, -0.15) is 0 Å². The fraction of sp³-hybridized carbons (Fsp3) is 0.441. The number of thioether (sulfide) groups is 1. The van der Waals surface area contributed by atoms with E-state index >= 15 is 0 Å². The van der Waals surface area contributed by atoms with Crippen LogP contribution in [-0.2, 0) is 27.6 Å². The van der Waals surface area contributed by atoms with Gasteiger partial charge in [-0.15, -0.1) is 30.0 Å². The van der Waals surface area contributed by atoms with E-state index in [1.54, 1.807) is 43.3 Å².